The summed E-state index contributed by atoms with van der Waals surface area (Å²) in [6.07, 6.45) is 0.535. The van der Waals surface area contributed by atoms with Gasteiger partial charge in [0.1, 0.15) is 0 Å². The maximum atomic E-state index is 12.5. The van der Waals surface area contributed by atoms with Gasteiger partial charge in [-0.15, -0.1) is 0 Å². The standard InChI is InChI=1S/C15H19NO3/c1-9-4-5-12(10(2)8-9)14(17)16-7-6-13(11(16)3)15(18)19/h4-5,8,11,13H,6-7H2,1-3H3,(H,18,19). The van der Waals surface area contributed by atoms with Gasteiger partial charge in [-0.2, -0.15) is 0 Å². The van der Waals surface area contributed by atoms with E-state index in [-0.39, 0.29) is 11.9 Å². The molecule has 1 aromatic carbocycles. The van der Waals surface area contributed by atoms with Crippen LogP contribution >= 0.6 is 0 Å². The lowest BCUT2D eigenvalue weighted by molar-refractivity contribution is -0.142. The number of nitrogens with zero attached hydrogens (tertiary/aromatic N) is 1. The van der Waals surface area contributed by atoms with Gasteiger partial charge < -0.3 is 10.0 Å². The van der Waals surface area contributed by atoms with Crippen LogP contribution in [0.15, 0.2) is 18.2 Å². The summed E-state index contributed by atoms with van der Waals surface area (Å²) in [6.45, 7) is 6.23. The van der Waals surface area contributed by atoms with Crippen LogP contribution < -0.4 is 0 Å². The van der Waals surface area contributed by atoms with Crippen molar-refractivity contribution in [1.82, 2.24) is 4.90 Å². The second-order valence-corrected chi connectivity index (χ2v) is 5.29. The summed E-state index contributed by atoms with van der Waals surface area (Å²) in [6, 6.07) is 5.47. The van der Waals surface area contributed by atoms with Crippen molar-refractivity contribution < 1.29 is 14.7 Å². The summed E-state index contributed by atoms with van der Waals surface area (Å²) in [5.41, 5.74) is 2.73. The van der Waals surface area contributed by atoms with Crippen molar-refractivity contribution in [3.8, 4) is 0 Å². The Kier molecular flexibility index (Phi) is 3.60. The molecule has 0 saturated carbocycles. The molecule has 1 heterocycles. The van der Waals surface area contributed by atoms with Crippen molar-refractivity contribution in [3.63, 3.8) is 0 Å². The highest BCUT2D eigenvalue weighted by atomic mass is 16.4. The minimum Gasteiger partial charge on any atom is -0.481 e. The summed E-state index contributed by atoms with van der Waals surface area (Å²) >= 11 is 0. The Morgan fingerprint density at radius 1 is 1.32 bits per heavy atom. The van der Waals surface area contributed by atoms with Crippen molar-refractivity contribution >= 4 is 11.9 Å². The number of aryl methyl sites for hydroxylation is 2. The van der Waals surface area contributed by atoms with E-state index in [4.69, 9.17) is 5.11 Å². The third-order valence-corrected chi connectivity index (χ3v) is 3.95. The molecule has 1 amide bonds. The summed E-state index contributed by atoms with van der Waals surface area (Å²) in [4.78, 5) is 25.3. The zero-order valence-corrected chi connectivity index (χ0v) is 11.5. The van der Waals surface area contributed by atoms with Crippen molar-refractivity contribution in [2.75, 3.05) is 6.54 Å². The van der Waals surface area contributed by atoms with E-state index < -0.39 is 11.9 Å². The monoisotopic (exact) mass is 261 g/mol. The first-order chi connectivity index (χ1) is 8.91. The number of rotatable bonds is 2. The molecule has 2 unspecified atom stereocenters. The first-order valence-corrected chi connectivity index (χ1v) is 6.53. The highest BCUT2D eigenvalue weighted by molar-refractivity contribution is 5.96. The van der Waals surface area contributed by atoms with Gasteiger partial charge in [-0.1, -0.05) is 17.7 Å². The molecule has 102 valence electrons. The molecular formula is C15H19NO3. The van der Waals surface area contributed by atoms with Gasteiger partial charge in [0.25, 0.3) is 5.91 Å². The van der Waals surface area contributed by atoms with Crippen LogP contribution in [0.1, 0.15) is 34.8 Å². The van der Waals surface area contributed by atoms with E-state index >= 15 is 0 Å². The van der Waals surface area contributed by atoms with Gasteiger partial charge in [-0.05, 0) is 38.8 Å². The number of carboxylic acids is 1. The predicted molar refractivity (Wildman–Crippen MR) is 72.2 cm³/mol. The smallest absolute Gasteiger partial charge is 0.308 e. The van der Waals surface area contributed by atoms with E-state index in [0.29, 0.717) is 18.5 Å². The SMILES string of the molecule is Cc1ccc(C(=O)N2CCC(C(=O)O)C2C)c(C)c1. The Hall–Kier alpha value is -1.84. The van der Waals surface area contributed by atoms with Crippen LogP contribution in [-0.4, -0.2) is 34.5 Å². The third-order valence-electron chi connectivity index (χ3n) is 3.95. The Morgan fingerprint density at radius 2 is 2.00 bits per heavy atom. The van der Waals surface area contributed by atoms with Crippen LogP contribution in [0, 0.1) is 19.8 Å². The first-order valence-electron chi connectivity index (χ1n) is 6.53. The average molecular weight is 261 g/mol. The van der Waals surface area contributed by atoms with E-state index in [1.807, 2.05) is 39.0 Å². The number of carboxylic acid groups (broad SMARTS) is 1. The number of carbonyl (C=O) groups is 2. The normalized spacial score (nSPS) is 22.6. The molecule has 0 aliphatic carbocycles. The maximum Gasteiger partial charge on any atom is 0.308 e. The van der Waals surface area contributed by atoms with Crippen molar-refractivity contribution in [2.45, 2.75) is 33.2 Å². The highest BCUT2D eigenvalue weighted by Gasteiger charge is 2.38. The van der Waals surface area contributed by atoms with Crippen LogP contribution in [0.2, 0.25) is 0 Å². The van der Waals surface area contributed by atoms with Crippen molar-refractivity contribution in [3.05, 3.63) is 34.9 Å². The van der Waals surface area contributed by atoms with Crippen LogP contribution in [0.5, 0.6) is 0 Å². The number of hydrogen-bond donors (Lipinski definition) is 1. The molecule has 2 atom stereocenters. The number of hydrogen-bond acceptors (Lipinski definition) is 2. The first kappa shape index (κ1) is 13.6. The lowest BCUT2D eigenvalue weighted by Crippen LogP contribution is -2.37. The van der Waals surface area contributed by atoms with Crippen molar-refractivity contribution in [2.24, 2.45) is 5.92 Å². The molecule has 0 radical (unpaired) electrons. The second-order valence-electron chi connectivity index (χ2n) is 5.29. The maximum absolute atomic E-state index is 12.5. The number of benzene rings is 1. The highest BCUT2D eigenvalue weighted by Crippen LogP contribution is 2.26. The topological polar surface area (TPSA) is 57.6 Å². The molecule has 0 bridgehead atoms. The molecule has 2 rings (SSSR count). The zero-order valence-electron chi connectivity index (χ0n) is 11.5. The molecule has 1 aromatic rings. The fourth-order valence-corrected chi connectivity index (χ4v) is 2.76. The van der Waals surface area contributed by atoms with Crippen LogP contribution in [-0.2, 0) is 4.79 Å². The lowest BCUT2D eigenvalue weighted by Gasteiger charge is -2.24. The van der Waals surface area contributed by atoms with Gasteiger partial charge >= 0.3 is 5.97 Å². The van der Waals surface area contributed by atoms with E-state index in [1.165, 1.54) is 0 Å². The minimum absolute atomic E-state index is 0.0613. The minimum atomic E-state index is -0.816. The van der Waals surface area contributed by atoms with Crippen LogP contribution in [0.4, 0.5) is 0 Å². The molecule has 4 heteroatoms. The van der Waals surface area contributed by atoms with E-state index in [1.54, 1.807) is 4.90 Å². The molecule has 1 aliphatic rings. The fourth-order valence-electron chi connectivity index (χ4n) is 2.76. The summed E-state index contributed by atoms with van der Waals surface area (Å²) in [5.74, 6) is -1.33. The van der Waals surface area contributed by atoms with E-state index in [2.05, 4.69) is 0 Å². The van der Waals surface area contributed by atoms with Gasteiger partial charge in [0, 0.05) is 18.2 Å². The summed E-state index contributed by atoms with van der Waals surface area (Å²) < 4.78 is 0. The Labute approximate surface area is 113 Å². The number of aliphatic carboxylic acids is 1. The molecule has 0 spiro atoms. The third kappa shape index (κ3) is 2.48. The Morgan fingerprint density at radius 3 is 2.53 bits per heavy atom. The fraction of sp³-hybridized carbons (Fsp3) is 0.467. The number of likely N-dealkylation sites (tertiary alicyclic amines) is 1. The average Bonchev–Trinajstić information content (AvgIpc) is 2.70. The molecule has 4 nitrogen and oxygen atoms in total. The second kappa shape index (κ2) is 5.03. The number of carbonyl (C=O) groups excluding carboxylic acids is 1. The molecule has 1 N–H and O–H groups in total. The number of amides is 1. The molecule has 19 heavy (non-hydrogen) atoms. The van der Waals surface area contributed by atoms with Gasteiger partial charge in [0.15, 0.2) is 0 Å². The van der Waals surface area contributed by atoms with Crippen LogP contribution in [0.3, 0.4) is 0 Å². The summed E-state index contributed by atoms with van der Waals surface area (Å²) in [7, 11) is 0. The van der Waals surface area contributed by atoms with Gasteiger partial charge in [0.2, 0.25) is 0 Å². The van der Waals surface area contributed by atoms with Crippen LogP contribution in [0.25, 0.3) is 0 Å². The summed E-state index contributed by atoms with van der Waals surface area (Å²) in [5, 5.41) is 9.11. The zero-order chi connectivity index (χ0) is 14.2. The Balaban J connectivity index is 2.23. The quantitative estimate of drug-likeness (QED) is 0.888. The largest absolute Gasteiger partial charge is 0.481 e. The Bertz CT molecular complexity index is 524. The van der Waals surface area contributed by atoms with E-state index in [9.17, 15) is 9.59 Å². The van der Waals surface area contributed by atoms with Gasteiger partial charge in [-0.25, -0.2) is 0 Å². The molecule has 1 saturated heterocycles. The van der Waals surface area contributed by atoms with Crippen molar-refractivity contribution in [1.29, 1.82) is 0 Å². The predicted octanol–water partition coefficient (Wildman–Crippen LogP) is 2.24. The lowest BCUT2D eigenvalue weighted by atomic mass is 10.0. The molecule has 0 aromatic heterocycles. The molecular weight excluding hydrogens is 242 g/mol. The molecule has 1 aliphatic heterocycles. The molecule has 1 fully saturated rings. The van der Waals surface area contributed by atoms with Gasteiger partial charge in [-0.3, -0.25) is 9.59 Å². The van der Waals surface area contributed by atoms with Gasteiger partial charge in [0.05, 0.1) is 5.92 Å². The van der Waals surface area contributed by atoms with E-state index in [0.717, 1.165) is 11.1 Å².